The molecule has 2 aromatic rings. The van der Waals surface area contributed by atoms with Gasteiger partial charge in [0.25, 0.3) is 0 Å². The van der Waals surface area contributed by atoms with E-state index in [2.05, 4.69) is 88.3 Å². The van der Waals surface area contributed by atoms with Crippen LogP contribution in [-0.4, -0.2) is 39.7 Å². The lowest BCUT2D eigenvalue weighted by Crippen LogP contribution is -2.43. The van der Waals surface area contributed by atoms with Gasteiger partial charge in [0.15, 0.2) is 0 Å². The van der Waals surface area contributed by atoms with Crippen molar-refractivity contribution in [2.45, 2.75) is 131 Å². The molecule has 2 aliphatic carbocycles. The molecule has 0 amide bonds. The Balaban J connectivity index is 0.000000474. The molecule has 1 saturated heterocycles. The molecule has 0 aromatic carbocycles. The predicted octanol–water partition coefficient (Wildman–Crippen LogP) is 10.7. The Morgan fingerprint density at radius 2 is 1.74 bits per heavy atom. The van der Waals surface area contributed by atoms with Crippen molar-refractivity contribution in [3.05, 3.63) is 83.6 Å². The normalized spacial score (nSPS) is 23.0. The fourth-order valence-electron chi connectivity index (χ4n) is 7.93. The average Bonchev–Trinajstić information content (AvgIpc) is 3.58. The first-order chi connectivity index (χ1) is 22.6. The molecule has 6 rings (SSSR count). The van der Waals surface area contributed by atoms with Gasteiger partial charge >= 0.3 is 0 Å². The monoisotopic (exact) mass is 635 g/mol. The zero-order valence-corrected chi connectivity index (χ0v) is 30.4. The topological polar surface area (TPSA) is 44.6 Å². The van der Waals surface area contributed by atoms with Gasteiger partial charge in [0, 0.05) is 71.7 Å². The standard InChI is InChI=1S/C35H48N4.C7H13N/c1-6-28-16-17-33(37-25(28)4)30-14-12-27(13-15-30)23-39(26(5)29-10-8-7-9-11-29)35-22-31(20-21-36-35)34-19-18-32(38-34)24(2)3;1-6(2)8-5-4-7(8)3/h16-17,19-22,24,27,29-30H,5-15,18,23H2,1-4H3;7H,1,4-5H2,2-3H3. The second-order valence-corrected chi connectivity index (χ2v) is 15.0. The molecule has 2 aliphatic heterocycles. The van der Waals surface area contributed by atoms with Gasteiger partial charge < -0.3 is 9.80 Å². The van der Waals surface area contributed by atoms with Crippen LogP contribution in [0.2, 0.25) is 0 Å². The lowest BCUT2D eigenvalue weighted by Gasteiger charge is -2.40. The highest BCUT2D eigenvalue weighted by atomic mass is 15.2. The molecule has 254 valence electrons. The van der Waals surface area contributed by atoms with E-state index >= 15 is 0 Å². The third-order valence-electron chi connectivity index (χ3n) is 11.3. The van der Waals surface area contributed by atoms with Crippen LogP contribution in [-0.2, 0) is 6.42 Å². The van der Waals surface area contributed by atoms with E-state index in [1.807, 2.05) is 6.20 Å². The summed E-state index contributed by atoms with van der Waals surface area (Å²) in [5.74, 6) is 3.35. The number of nitrogens with zero attached hydrogens (tertiary/aromatic N) is 5. The van der Waals surface area contributed by atoms with Crippen molar-refractivity contribution in [2.24, 2.45) is 22.7 Å². The van der Waals surface area contributed by atoms with Gasteiger partial charge in [0.05, 0.1) is 5.70 Å². The Hall–Kier alpha value is -3.21. The van der Waals surface area contributed by atoms with Gasteiger partial charge in [0.1, 0.15) is 5.82 Å². The van der Waals surface area contributed by atoms with Gasteiger partial charge in [-0.1, -0.05) is 65.3 Å². The second-order valence-electron chi connectivity index (χ2n) is 15.0. The first-order valence-electron chi connectivity index (χ1n) is 18.7. The van der Waals surface area contributed by atoms with Gasteiger partial charge in [-0.3, -0.25) is 9.98 Å². The summed E-state index contributed by atoms with van der Waals surface area (Å²) in [6.07, 6.45) is 19.0. The molecule has 2 aromatic heterocycles. The number of pyridine rings is 2. The van der Waals surface area contributed by atoms with Crippen molar-refractivity contribution in [2.75, 3.05) is 18.0 Å². The highest BCUT2D eigenvalue weighted by Gasteiger charge is 2.29. The fourth-order valence-corrected chi connectivity index (χ4v) is 7.93. The molecule has 4 heterocycles. The first-order valence-corrected chi connectivity index (χ1v) is 18.7. The number of aryl methyl sites for hydroxylation is 2. The molecule has 3 fully saturated rings. The maximum Gasteiger partial charge on any atom is 0.133 e. The van der Waals surface area contributed by atoms with Crippen LogP contribution < -0.4 is 4.90 Å². The minimum atomic E-state index is 0.487. The van der Waals surface area contributed by atoms with E-state index < -0.39 is 0 Å². The number of allylic oxidation sites excluding steroid dienone is 3. The van der Waals surface area contributed by atoms with Gasteiger partial charge in [-0.05, 0) is 114 Å². The van der Waals surface area contributed by atoms with Crippen molar-refractivity contribution >= 4 is 17.2 Å². The van der Waals surface area contributed by atoms with E-state index in [1.165, 1.54) is 110 Å². The van der Waals surface area contributed by atoms with Gasteiger partial charge in [-0.25, -0.2) is 4.98 Å². The smallest absolute Gasteiger partial charge is 0.133 e. The highest BCUT2D eigenvalue weighted by Crippen LogP contribution is 2.39. The molecule has 47 heavy (non-hydrogen) atoms. The molecule has 1 unspecified atom stereocenters. The Bertz CT molecular complexity index is 1440. The number of hydrogen-bond acceptors (Lipinski definition) is 5. The Morgan fingerprint density at radius 1 is 1.00 bits per heavy atom. The van der Waals surface area contributed by atoms with Crippen LogP contribution in [0.1, 0.15) is 134 Å². The number of aliphatic imine (C=N–C) groups is 1. The summed E-state index contributed by atoms with van der Waals surface area (Å²) in [7, 11) is 0. The molecule has 0 spiro atoms. The summed E-state index contributed by atoms with van der Waals surface area (Å²) < 4.78 is 0. The predicted molar refractivity (Wildman–Crippen MR) is 201 cm³/mol. The summed E-state index contributed by atoms with van der Waals surface area (Å²) in [6.45, 7) is 23.9. The molecule has 5 nitrogen and oxygen atoms in total. The quantitative estimate of drug-likeness (QED) is 0.261. The van der Waals surface area contributed by atoms with Crippen LogP contribution in [0.4, 0.5) is 5.82 Å². The number of hydrogen-bond donors (Lipinski definition) is 0. The summed E-state index contributed by atoms with van der Waals surface area (Å²) in [5.41, 5.74) is 9.92. The van der Waals surface area contributed by atoms with Crippen molar-refractivity contribution < 1.29 is 0 Å². The summed E-state index contributed by atoms with van der Waals surface area (Å²) in [6, 6.07) is 9.72. The minimum Gasteiger partial charge on any atom is -0.373 e. The third kappa shape index (κ3) is 8.83. The van der Waals surface area contributed by atoms with Crippen LogP contribution in [0.3, 0.4) is 0 Å². The first kappa shape index (κ1) is 35.1. The molecule has 1 atom stereocenters. The largest absolute Gasteiger partial charge is 0.373 e. The lowest BCUT2D eigenvalue weighted by atomic mass is 9.79. The van der Waals surface area contributed by atoms with Crippen molar-refractivity contribution in [1.29, 1.82) is 0 Å². The third-order valence-corrected chi connectivity index (χ3v) is 11.3. The number of rotatable bonds is 10. The Labute approximate surface area is 286 Å². The van der Waals surface area contributed by atoms with Crippen LogP contribution >= 0.6 is 0 Å². The van der Waals surface area contributed by atoms with Gasteiger partial charge in [-0.15, -0.1) is 0 Å². The van der Waals surface area contributed by atoms with Gasteiger partial charge in [-0.2, -0.15) is 0 Å². The van der Waals surface area contributed by atoms with Crippen molar-refractivity contribution in [3.63, 3.8) is 0 Å². The van der Waals surface area contributed by atoms with E-state index in [0.717, 1.165) is 36.9 Å². The molecule has 4 aliphatic rings. The molecule has 2 saturated carbocycles. The molecule has 5 heteroatoms. The maximum absolute atomic E-state index is 5.00. The second kappa shape index (κ2) is 16.3. The molecule has 0 bridgehead atoms. The number of likely N-dealkylation sites (tertiary alicyclic amines) is 1. The lowest BCUT2D eigenvalue weighted by molar-refractivity contribution is 0.153. The number of aromatic nitrogens is 2. The fraction of sp³-hybridized carbons (Fsp3) is 0.595. The van der Waals surface area contributed by atoms with E-state index in [4.69, 9.17) is 21.5 Å². The van der Waals surface area contributed by atoms with E-state index in [1.54, 1.807) is 0 Å². The van der Waals surface area contributed by atoms with Crippen LogP contribution in [0, 0.1) is 24.7 Å². The Morgan fingerprint density at radius 3 is 2.30 bits per heavy atom. The highest BCUT2D eigenvalue weighted by molar-refractivity contribution is 5.97. The summed E-state index contributed by atoms with van der Waals surface area (Å²) in [5, 5.41) is 0. The molecule has 0 N–H and O–H groups in total. The van der Waals surface area contributed by atoms with Crippen LogP contribution in [0.25, 0.3) is 5.70 Å². The molecular formula is C42H61N5. The number of anilines is 1. The SMILES string of the molecule is C=C(C)N1CCC1C.C=C(C1CCCCC1)N(CC1CCC(c2ccc(CC)c(C)n2)CC1)c1cc(C2=CCC(C(C)C)=N2)ccn1. The van der Waals surface area contributed by atoms with Crippen LogP contribution in [0.5, 0.6) is 0 Å². The van der Waals surface area contributed by atoms with E-state index in [9.17, 15) is 0 Å². The van der Waals surface area contributed by atoms with E-state index in [0.29, 0.717) is 23.7 Å². The van der Waals surface area contributed by atoms with E-state index in [-0.39, 0.29) is 0 Å². The average molecular weight is 636 g/mol. The zero-order valence-electron chi connectivity index (χ0n) is 30.4. The zero-order chi connectivity index (χ0) is 33.5. The minimum absolute atomic E-state index is 0.487. The summed E-state index contributed by atoms with van der Waals surface area (Å²) >= 11 is 0. The van der Waals surface area contributed by atoms with Crippen LogP contribution in [0.15, 0.2) is 66.1 Å². The molecule has 0 radical (unpaired) electrons. The summed E-state index contributed by atoms with van der Waals surface area (Å²) in [4.78, 5) is 19.7. The Kier molecular flexibility index (Phi) is 12.1. The van der Waals surface area contributed by atoms with Crippen molar-refractivity contribution in [3.8, 4) is 0 Å². The molecular weight excluding hydrogens is 574 g/mol. The van der Waals surface area contributed by atoms with Crippen molar-refractivity contribution in [1.82, 2.24) is 14.9 Å². The van der Waals surface area contributed by atoms with Gasteiger partial charge in [0.2, 0.25) is 0 Å². The maximum atomic E-state index is 5.00.